The van der Waals surface area contributed by atoms with Gasteiger partial charge in [0.15, 0.2) is 0 Å². The Bertz CT molecular complexity index is 1120. The van der Waals surface area contributed by atoms with Gasteiger partial charge in [0.2, 0.25) is 0 Å². The Kier molecular flexibility index (Phi) is 4.64. The number of carbonyl (C=O) groups excluding carboxylic acids is 2. The number of anilines is 1. The van der Waals surface area contributed by atoms with Gasteiger partial charge in [0.1, 0.15) is 11.5 Å². The van der Waals surface area contributed by atoms with Gasteiger partial charge >= 0.3 is 0 Å². The number of hydrogen-bond acceptors (Lipinski definition) is 4. The monoisotopic (exact) mass is 385 g/mol. The molecule has 5 nitrogen and oxygen atoms in total. The van der Waals surface area contributed by atoms with Gasteiger partial charge in [-0.25, -0.2) is 0 Å². The molecule has 1 fully saturated rings. The van der Waals surface area contributed by atoms with Gasteiger partial charge in [0.05, 0.1) is 17.3 Å². The first-order valence-corrected chi connectivity index (χ1v) is 9.20. The number of aryl methyl sites for hydroxylation is 1. The standard InChI is InChI=1S/C24H19NO4/c1-15-12-13-19(26)18(14-15)25-21(16-8-4-2-5-9-16)20(23(28)24(25)29)22(27)17-10-6-3-7-11-17/h2-14,21,26-27H,1H3/b22-20+. The fraction of sp³-hybridized carbons (Fsp3) is 0.0833. The molecule has 0 aromatic heterocycles. The number of phenolic OH excluding ortho intramolecular Hbond substituents is 1. The number of Topliss-reactive ketones (excluding diaryl/α,β-unsaturated/α-hetero) is 1. The maximum Gasteiger partial charge on any atom is 0.300 e. The van der Waals surface area contributed by atoms with Crippen LogP contribution in [0.25, 0.3) is 5.76 Å². The summed E-state index contributed by atoms with van der Waals surface area (Å²) < 4.78 is 0. The van der Waals surface area contributed by atoms with Crippen LogP contribution in [0.4, 0.5) is 5.69 Å². The third-order valence-corrected chi connectivity index (χ3v) is 5.00. The van der Waals surface area contributed by atoms with Crippen molar-refractivity contribution < 1.29 is 19.8 Å². The van der Waals surface area contributed by atoms with Crippen LogP contribution in [0.3, 0.4) is 0 Å². The molecule has 1 aliphatic rings. The molecule has 1 atom stereocenters. The molecular weight excluding hydrogens is 366 g/mol. The van der Waals surface area contributed by atoms with E-state index in [0.29, 0.717) is 11.1 Å². The molecule has 5 heteroatoms. The van der Waals surface area contributed by atoms with E-state index in [2.05, 4.69) is 0 Å². The van der Waals surface area contributed by atoms with Crippen LogP contribution >= 0.6 is 0 Å². The summed E-state index contributed by atoms with van der Waals surface area (Å²) in [4.78, 5) is 27.3. The predicted molar refractivity (Wildman–Crippen MR) is 111 cm³/mol. The highest BCUT2D eigenvalue weighted by Gasteiger charge is 2.47. The number of aromatic hydroxyl groups is 1. The highest BCUT2D eigenvalue weighted by atomic mass is 16.3. The van der Waals surface area contributed by atoms with Crippen molar-refractivity contribution in [3.63, 3.8) is 0 Å². The maximum absolute atomic E-state index is 13.0. The Labute approximate surface area is 168 Å². The van der Waals surface area contributed by atoms with Gasteiger partial charge in [-0.3, -0.25) is 14.5 Å². The molecule has 0 radical (unpaired) electrons. The molecule has 1 saturated heterocycles. The van der Waals surface area contributed by atoms with Gasteiger partial charge in [0.25, 0.3) is 11.7 Å². The fourth-order valence-electron chi connectivity index (χ4n) is 3.61. The number of rotatable bonds is 3. The molecule has 1 unspecified atom stereocenters. The van der Waals surface area contributed by atoms with E-state index < -0.39 is 17.7 Å². The summed E-state index contributed by atoms with van der Waals surface area (Å²) in [6.07, 6.45) is 0. The van der Waals surface area contributed by atoms with Crippen LogP contribution in [0.1, 0.15) is 22.7 Å². The van der Waals surface area contributed by atoms with E-state index in [9.17, 15) is 19.8 Å². The average Bonchev–Trinajstić information content (AvgIpc) is 3.01. The second-order valence-electron chi connectivity index (χ2n) is 6.94. The number of carbonyl (C=O) groups is 2. The molecule has 29 heavy (non-hydrogen) atoms. The number of ketones is 1. The van der Waals surface area contributed by atoms with Crippen LogP contribution < -0.4 is 4.90 Å². The van der Waals surface area contributed by atoms with Crippen LogP contribution in [0.5, 0.6) is 5.75 Å². The Morgan fingerprint density at radius 2 is 1.52 bits per heavy atom. The van der Waals surface area contributed by atoms with E-state index in [-0.39, 0.29) is 22.8 Å². The Balaban J connectivity index is 1.98. The lowest BCUT2D eigenvalue weighted by Crippen LogP contribution is -2.29. The SMILES string of the molecule is Cc1ccc(O)c(N2C(=O)C(=O)/C(=C(/O)c3ccccc3)C2c2ccccc2)c1. The van der Waals surface area contributed by atoms with Crippen molar-refractivity contribution in [1.29, 1.82) is 0 Å². The quantitative estimate of drug-likeness (QED) is 0.400. The summed E-state index contributed by atoms with van der Waals surface area (Å²) in [6.45, 7) is 1.83. The van der Waals surface area contributed by atoms with Gasteiger partial charge in [0, 0.05) is 5.56 Å². The molecule has 1 aliphatic heterocycles. The first-order valence-electron chi connectivity index (χ1n) is 9.20. The van der Waals surface area contributed by atoms with E-state index in [1.165, 1.54) is 11.0 Å². The molecule has 144 valence electrons. The lowest BCUT2D eigenvalue weighted by molar-refractivity contribution is -0.132. The molecule has 3 aromatic rings. The number of phenols is 1. The van der Waals surface area contributed by atoms with Crippen LogP contribution in [-0.2, 0) is 9.59 Å². The lowest BCUT2D eigenvalue weighted by atomic mass is 9.95. The van der Waals surface area contributed by atoms with Gasteiger partial charge in [-0.15, -0.1) is 0 Å². The topological polar surface area (TPSA) is 77.8 Å². The fourth-order valence-corrected chi connectivity index (χ4v) is 3.61. The molecule has 3 aromatic carbocycles. The first-order chi connectivity index (χ1) is 14.0. The molecule has 0 spiro atoms. The van der Waals surface area contributed by atoms with Crippen molar-refractivity contribution in [1.82, 2.24) is 0 Å². The molecular formula is C24H19NO4. The van der Waals surface area contributed by atoms with E-state index in [1.807, 2.05) is 13.0 Å². The summed E-state index contributed by atoms with van der Waals surface area (Å²) in [5.74, 6) is -1.94. The zero-order valence-corrected chi connectivity index (χ0v) is 15.7. The molecule has 1 amide bonds. The van der Waals surface area contributed by atoms with Crippen LogP contribution in [0, 0.1) is 6.92 Å². The molecule has 2 N–H and O–H groups in total. The average molecular weight is 385 g/mol. The van der Waals surface area contributed by atoms with Crippen molar-refractivity contribution in [3.8, 4) is 5.75 Å². The molecule has 1 heterocycles. The molecule has 4 rings (SSSR count). The van der Waals surface area contributed by atoms with Crippen molar-refractivity contribution in [2.24, 2.45) is 0 Å². The van der Waals surface area contributed by atoms with Crippen molar-refractivity contribution >= 4 is 23.1 Å². The number of nitrogens with zero attached hydrogens (tertiary/aromatic N) is 1. The van der Waals surface area contributed by atoms with Gasteiger partial charge in [-0.1, -0.05) is 66.7 Å². The van der Waals surface area contributed by atoms with Crippen LogP contribution in [0.2, 0.25) is 0 Å². The minimum atomic E-state index is -0.857. The van der Waals surface area contributed by atoms with Crippen LogP contribution in [0.15, 0.2) is 84.4 Å². The molecule has 0 aliphatic carbocycles. The Morgan fingerprint density at radius 3 is 2.17 bits per heavy atom. The summed E-state index contributed by atoms with van der Waals surface area (Å²) in [7, 11) is 0. The summed E-state index contributed by atoms with van der Waals surface area (Å²) in [6, 6.07) is 21.6. The third-order valence-electron chi connectivity index (χ3n) is 5.00. The summed E-state index contributed by atoms with van der Waals surface area (Å²) in [5.41, 5.74) is 2.15. The lowest BCUT2D eigenvalue weighted by Gasteiger charge is -2.26. The van der Waals surface area contributed by atoms with E-state index >= 15 is 0 Å². The van der Waals surface area contributed by atoms with Crippen LogP contribution in [-0.4, -0.2) is 21.9 Å². The largest absolute Gasteiger partial charge is 0.507 e. The maximum atomic E-state index is 13.0. The number of amides is 1. The van der Waals surface area contributed by atoms with Crippen molar-refractivity contribution in [2.45, 2.75) is 13.0 Å². The second kappa shape index (κ2) is 7.28. The third kappa shape index (κ3) is 3.17. The number of aliphatic hydroxyl groups excluding tert-OH is 1. The van der Waals surface area contributed by atoms with E-state index in [4.69, 9.17) is 0 Å². The summed E-state index contributed by atoms with van der Waals surface area (Å²) in [5, 5.41) is 21.4. The van der Waals surface area contributed by atoms with E-state index in [1.54, 1.807) is 66.7 Å². The summed E-state index contributed by atoms with van der Waals surface area (Å²) >= 11 is 0. The van der Waals surface area contributed by atoms with Crippen molar-refractivity contribution in [3.05, 3.63) is 101 Å². The van der Waals surface area contributed by atoms with Gasteiger partial charge in [-0.2, -0.15) is 0 Å². The minimum absolute atomic E-state index is 0.00620. The normalized spacial score (nSPS) is 18.2. The highest BCUT2D eigenvalue weighted by Crippen LogP contribution is 2.44. The second-order valence-corrected chi connectivity index (χ2v) is 6.94. The first kappa shape index (κ1) is 18.5. The van der Waals surface area contributed by atoms with Gasteiger partial charge in [-0.05, 0) is 30.2 Å². The van der Waals surface area contributed by atoms with E-state index in [0.717, 1.165) is 5.56 Å². The Morgan fingerprint density at radius 1 is 0.897 bits per heavy atom. The van der Waals surface area contributed by atoms with Crippen molar-refractivity contribution in [2.75, 3.05) is 4.90 Å². The molecule has 0 bridgehead atoms. The highest BCUT2D eigenvalue weighted by molar-refractivity contribution is 6.51. The number of hydrogen-bond donors (Lipinski definition) is 2. The minimum Gasteiger partial charge on any atom is -0.507 e. The number of benzene rings is 3. The number of aliphatic hydroxyl groups is 1. The van der Waals surface area contributed by atoms with Gasteiger partial charge < -0.3 is 10.2 Å². The molecule has 0 saturated carbocycles. The predicted octanol–water partition coefficient (Wildman–Crippen LogP) is 4.33. The zero-order chi connectivity index (χ0) is 20.5. The smallest absolute Gasteiger partial charge is 0.300 e. The zero-order valence-electron chi connectivity index (χ0n) is 15.7. The Hall–Kier alpha value is -3.86.